The Morgan fingerprint density at radius 1 is 0.930 bits per heavy atom. The summed E-state index contributed by atoms with van der Waals surface area (Å²) in [6, 6.07) is 16.4. The van der Waals surface area contributed by atoms with Crippen LogP contribution in [0.5, 0.6) is 11.5 Å². The lowest BCUT2D eigenvalue weighted by Crippen LogP contribution is -2.55. The van der Waals surface area contributed by atoms with Crippen LogP contribution in [0.2, 0.25) is 10.0 Å². The topological polar surface area (TPSA) is 105 Å². The average molecular weight is 651 g/mol. The number of rotatable bonds is 12. The molecule has 0 heterocycles. The summed E-state index contributed by atoms with van der Waals surface area (Å²) < 4.78 is 39.9. The van der Waals surface area contributed by atoms with E-state index in [1.165, 1.54) is 43.4 Å². The Balaban J connectivity index is 2.13. The van der Waals surface area contributed by atoms with Crippen molar-refractivity contribution in [3.8, 4) is 11.5 Å². The Morgan fingerprint density at radius 2 is 1.58 bits per heavy atom. The lowest BCUT2D eigenvalue weighted by atomic mass is 10.1. The van der Waals surface area contributed by atoms with Crippen molar-refractivity contribution in [1.29, 1.82) is 0 Å². The molecule has 1 N–H and O–H groups in total. The summed E-state index contributed by atoms with van der Waals surface area (Å²) in [6.07, 6.45) is 0.273. The molecule has 9 nitrogen and oxygen atoms in total. The number of nitrogens with one attached hydrogen (secondary N) is 1. The van der Waals surface area contributed by atoms with Gasteiger partial charge in [0.05, 0.1) is 34.8 Å². The second-order valence-corrected chi connectivity index (χ2v) is 13.5. The van der Waals surface area contributed by atoms with Gasteiger partial charge in [0.25, 0.3) is 10.0 Å². The highest BCUT2D eigenvalue weighted by molar-refractivity contribution is 7.92. The van der Waals surface area contributed by atoms with E-state index in [0.717, 1.165) is 4.31 Å². The minimum Gasteiger partial charge on any atom is -0.497 e. The van der Waals surface area contributed by atoms with Crippen molar-refractivity contribution in [2.45, 2.75) is 57.1 Å². The molecule has 0 radical (unpaired) electrons. The number of para-hydroxylation sites is 2. The molecule has 3 aromatic carbocycles. The predicted molar refractivity (Wildman–Crippen MR) is 170 cm³/mol. The number of sulfonamides is 1. The van der Waals surface area contributed by atoms with Gasteiger partial charge in [-0.2, -0.15) is 0 Å². The average Bonchev–Trinajstić information content (AvgIpc) is 2.96. The highest BCUT2D eigenvalue weighted by Gasteiger charge is 2.35. The molecule has 232 valence electrons. The van der Waals surface area contributed by atoms with Gasteiger partial charge in [0.2, 0.25) is 11.8 Å². The van der Waals surface area contributed by atoms with Gasteiger partial charge in [0.1, 0.15) is 24.1 Å². The van der Waals surface area contributed by atoms with Crippen molar-refractivity contribution < 1.29 is 27.5 Å². The molecule has 1 atom stereocenters. The van der Waals surface area contributed by atoms with Crippen molar-refractivity contribution in [2.24, 2.45) is 0 Å². The summed E-state index contributed by atoms with van der Waals surface area (Å²) in [5, 5.41) is 3.57. The molecular weight excluding hydrogens is 613 g/mol. The number of carbonyl (C=O) groups excluding carboxylic acids is 2. The second-order valence-electron chi connectivity index (χ2n) is 10.8. The van der Waals surface area contributed by atoms with E-state index in [-0.39, 0.29) is 40.2 Å². The van der Waals surface area contributed by atoms with E-state index in [4.69, 9.17) is 32.7 Å². The normalized spacial score (nSPS) is 12.3. The maximum absolute atomic E-state index is 14.3. The van der Waals surface area contributed by atoms with E-state index in [9.17, 15) is 18.0 Å². The number of halogens is 2. The minimum atomic E-state index is -4.30. The van der Waals surface area contributed by atoms with Gasteiger partial charge in [-0.1, -0.05) is 48.3 Å². The fourth-order valence-corrected chi connectivity index (χ4v) is 6.18. The van der Waals surface area contributed by atoms with Gasteiger partial charge >= 0.3 is 0 Å². The number of hydrogen-bond acceptors (Lipinski definition) is 6. The Hall–Kier alpha value is -3.47. The number of nitrogens with zero attached hydrogens (tertiary/aromatic N) is 2. The highest BCUT2D eigenvalue weighted by atomic mass is 35.5. The minimum absolute atomic E-state index is 0.0197. The summed E-state index contributed by atoms with van der Waals surface area (Å²) in [5.41, 5.74) is 0.215. The van der Waals surface area contributed by atoms with Crippen LogP contribution in [0.25, 0.3) is 0 Å². The third-order valence-corrected chi connectivity index (χ3v) is 9.01. The largest absolute Gasteiger partial charge is 0.497 e. The number of hydrogen-bond donors (Lipinski definition) is 1. The standard InChI is InChI=1S/C31H37Cl2N3O6S/c1-7-26(30(38)34-31(2,3)4)35(19-21-12-17-24(32)25(33)18-21)29(37)20-36(27-10-8-9-11-28(27)42-6)43(39,40)23-15-13-22(41-5)14-16-23/h8-18,26H,7,19-20H2,1-6H3,(H,34,38)/t26-/m1/s1. The molecule has 0 aliphatic carbocycles. The van der Waals surface area contributed by atoms with E-state index in [2.05, 4.69) is 5.32 Å². The zero-order valence-corrected chi connectivity index (χ0v) is 27.4. The molecule has 12 heteroatoms. The smallest absolute Gasteiger partial charge is 0.264 e. The van der Waals surface area contributed by atoms with Gasteiger partial charge in [-0.15, -0.1) is 0 Å². The van der Waals surface area contributed by atoms with Crippen molar-refractivity contribution in [3.05, 3.63) is 82.3 Å². The monoisotopic (exact) mass is 649 g/mol. The first-order valence-electron chi connectivity index (χ1n) is 13.6. The van der Waals surface area contributed by atoms with E-state index in [0.29, 0.717) is 16.3 Å². The second kappa shape index (κ2) is 14.3. The third-order valence-electron chi connectivity index (χ3n) is 6.50. The van der Waals surface area contributed by atoms with E-state index in [1.54, 1.807) is 49.4 Å². The number of carbonyl (C=O) groups is 2. The van der Waals surface area contributed by atoms with Crippen LogP contribution in [0.15, 0.2) is 71.6 Å². The summed E-state index contributed by atoms with van der Waals surface area (Å²) >= 11 is 12.4. The lowest BCUT2D eigenvalue weighted by Gasteiger charge is -2.35. The van der Waals surface area contributed by atoms with E-state index in [1.807, 2.05) is 20.8 Å². The van der Waals surface area contributed by atoms with Gasteiger partial charge in [-0.3, -0.25) is 13.9 Å². The van der Waals surface area contributed by atoms with Crippen LogP contribution in [-0.4, -0.2) is 57.5 Å². The van der Waals surface area contributed by atoms with Crippen LogP contribution in [0.4, 0.5) is 5.69 Å². The van der Waals surface area contributed by atoms with Gasteiger partial charge in [0.15, 0.2) is 0 Å². The van der Waals surface area contributed by atoms with E-state index < -0.39 is 34.1 Å². The van der Waals surface area contributed by atoms with Crippen LogP contribution < -0.4 is 19.1 Å². The molecular formula is C31H37Cl2N3O6S. The Labute approximate surface area is 263 Å². The first-order chi connectivity index (χ1) is 20.2. The summed E-state index contributed by atoms with van der Waals surface area (Å²) in [6.45, 7) is 6.67. The van der Waals surface area contributed by atoms with Gasteiger partial charge < -0.3 is 19.7 Å². The Bertz CT molecular complexity index is 1540. The van der Waals surface area contributed by atoms with Gasteiger partial charge in [-0.05, 0) is 81.3 Å². The van der Waals surface area contributed by atoms with Crippen LogP contribution >= 0.6 is 23.2 Å². The third kappa shape index (κ3) is 8.55. The molecule has 2 amide bonds. The number of methoxy groups -OCH3 is 2. The van der Waals surface area contributed by atoms with Crippen molar-refractivity contribution in [3.63, 3.8) is 0 Å². The zero-order chi connectivity index (χ0) is 31.9. The predicted octanol–water partition coefficient (Wildman–Crippen LogP) is 5.93. The molecule has 0 aliphatic rings. The van der Waals surface area contributed by atoms with Crippen LogP contribution in [-0.2, 0) is 26.2 Å². The molecule has 0 unspecified atom stereocenters. The molecule has 43 heavy (non-hydrogen) atoms. The van der Waals surface area contributed by atoms with Crippen LogP contribution in [0.1, 0.15) is 39.7 Å². The molecule has 0 saturated carbocycles. The van der Waals surface area contributed by atoms with E-state index >= 15 is 0 Å². The van der Waals surface area contributed by atoms with Gasteiger partial charge in [-0.25, -0.2) is 8.42 Å². The fourth-order valence-electron chi connectivity index (χ4n) is 4.43. The maximum Gasteiger partial charge on any atom is 0.264 e. The summed E-state index contributed by atoms with van der Waals surface area (Å²) in [5.74, 6) is -0.251. The SMILES string of the molecule is CC[C@H](C(=O)NC(C)(C)C)N(Cc1ccc(Cl)c(Cl)c1)C(=O)CN(c1ccccc1OC)S(=O)(=O)c1ccc(OC)cc1. The van der Waals surface area contributed by atoms with Crippen molar-refractivity contribution in [1.82, 2.24) is 10.2 Å². The molecule has 0 saturated heterocycles. The zero-order valence-electron chi connectivity index (χ0n) is 25.1. The molecule has 3 aromatic rings. The van der Waals surface area contributed by atoms with Crippen LogP contribution in [0.3, 0.4) is 0 Å². The molecule has 0 aliphatic heterocycles. The van der Waals surface area contributed by atoms with Gasteiger partial charge in [0, 0.05) is 12.1 Å². The highest BCUT2D eigenvalue weighted by Crippen LogP contribution is 2.33. The molecule has 0 aromatic heterocycles. The Morgan fingerprint density at radius 3 is 2.14 bits per heavy atom. The molecule has 3 rings (SSSR count). The van der Waals surface area contributed by atoms with Crippen molar-refractivity contribution in [2.75, 3.05) is 25.1 Å². The molecule has 0 spiro atoms. The quantitative estimate of drug-likeness (QED) is 0.261. The first-order valence-corrected chi connectivity index (χ1v) is 15.8. The van der Waals surface area contributed by atoms with Crippen molar-refractivity contribution >= 4 is 50.7 Å². The molecule has 0 bridgehead atoms. The summed E-state index contributed by atoms with van der Waals surface area (Å²) in [7, 11) is -1.40. The summed E-state index contributed by atoms with van der Waals surface area (Å²) in [4.78, 5) is 29.0. The first kappa shape index (κ1) is 34.0. The number of ether oxygens (including phenoxy) is 2. The lowest BCUT2D eigenvalue weighted by molar-refractivity contribution is -0.141. The number of anilines is 1. The number of benzene rings is 3. The fraction of sp³-hybridized carbons (Fsp3) is 0.355. The maximum atomic E-state index is 14.3. The number of amides is 2. The Kier molecular flexibility index (Phi) is 11.3. The molecule has 0 fully saturated rings. The van der Waals surface area contributed by atoms with Crippen LogP contribution in [0, 0.1) is 0 Å².